The molecule has 2 fully saturated rings. The van der Waals surface area contributed by atoms with Gasteiger partial charge in [0.05, 0.1) is 13.2 Å². The highest BCUT2D eigenvalue weighted by Gasteiger charge is 2.59. The third kappa shape index (κ3) is 9.15. The standard InChI is InChI=1S/C30H52O4/c1-4-7-10-13-14-15-16-17-20-23-30(32-24-25-33-30)26-27-29(28(31)34-27,21-18-11-8-5-2)22-19-12-9-6-3/h11-12,18-19,27H,4-10,13-17,20-26H2,1-3H3/b18-11+,19-12+. The van der Waals surface area contributed by atoms with Gasteiger partial charge in [0, 0.05) is 12.8 Å². The molecule has 4 nitrogen and oxygen atoms in total. The third-order valence-corrected chi connectivity index (χ3v) is 7.45. The molecule has 0 saturated carbocycles. The molecule has 0 aromatic carbocycles. The van der Waals surface area contributed by atoms with E-state index in [0.717, 1.165) is 51.4 Å². The Bertz CT molecular complexity index is 585. The van der Waals surface area contributed by atoms with Gasteiger partial charge in [-0.05, 0) is 32.1 Å². The van der Waals surface area contributed by atoms with Crippen molar-refractivity contribution in [2.45, 2.75) is 142 Å². The summed E-state index contributed by atoms with van der Waals surface area (Å²) in [4.78, 5) is 12.8. The Morgan fingerprint density at radius 2 is 1.26 bits per heavy atom. The minimum Gasteiger partial charge on any atom is -0.460 e. The third-order valence-electron chi connectivity index (χ3n) is 7.45. The molecule has 1 unspecified atom stereocenters. The first-order valence-electron chi connectivity index (χ1n) is 14.4. The van der Waals surface area contributed by atoms with Crippen LogP contribution >= 0.6 is 0 Å². The molecule has 34 heavy (non-hydrogen) atoms. The van der Waals surface area contributed by atoms with Crippen molar-refractivity contribution < 1.29 is 19.0 Å². The molecule has 2 aliphatic rings. The molecule has 2 aliphatic heterocycles. The number of ether oxygens (including phenoxy) is 3. The van der Waals surface area contributed by atoms with Crippen LogP contribution in [0.2, 0.25) is 0 Å². The van der Waals surface area contributed by atoms with Crippen LogP contribution in [0.1, 0.15) is 130 Å². The highest BCUT2D eigenvalue weighted by Crippen LogP contribution is 2.49. The molecule has 4 heteroatoms. The quantitative estimate of drug-likeness (QED) is 0.100. The van der Waals surface area contributed by atoms with Crippen LogP contribution in [0, 0.1) is 5.41 Å². The van der Waals surface area contributed by atoms with Crippen LogP contribution in [0.25, 0.3) is 0 Å². The minimum atomic E-state index is -0.585. The Labute approximate surface area is 209 Å². The largest absolute Gasteiger partial charge is 0.460 e. The summed E-state index contributed by atoms with van der Waals surface area (Å²) >= 11 is 0. The van der Waals surface area contributed by atoms with Gasteiger partial charge >= 0.3 is 5.97 Å². The summed E-state index contributed by atoms with van der Waals surface area (Å²) in [7, 11) is 0. The summed E-state index contributed by atoms with van der Waals surface area (Å²) in [6.07, 6.45) is 27.7. The number of rotatable bonds is 20. The van der Waals surface area contributed by atoms with Gasteiger partial charge in [0.2, 0.25) is 0 Å². The van der Waals surface area contributed by atoms with Gasteiger partial charge in [0.15, 0.2) is 5.79 Å². The van der Waals surface area contributed by atoms with Crippen molar-refractivity contribution >= 4 is 5.97 Å². The molecular weight excluding hydrogens is 424 g/mol. The van der Waals surface area contributed by atoms with E-state index in [-0.39, 0.29) is 12.1 Å². The minimum absolute atomic E-state index is 0.0592. The molecule has 2 saturated heterocycles. The Morgan fingerprint density at radius 1 is 0.735 bits per heavy atom. The van der Waals surface area contributed by atoms with Crippen molar-refractivity contribution in [2.75, 3.05) is 13.2 Å². The van der Waals surface area contributed by atoms with Crippen LogP contribution in [-0.4, -0.2) is 31.1 Å². The normalized spacial score (nSPS) is 21.4. The van der Waals surface area contributed by atoms with Crippen molar-refractivity contribution in [2.24, 2.45) is 5.41 Å². The van der Waals surface area contributed by atoms with Crippen LogP contribution in [0.4, 0.5) is 0 Å². The maximum Gasteiger partial charge on any atom is 0.316 e. The molecule has 0 radical (unpaired) electrons. The lowest BCUT2D eigenvalue weighted by Gasteiger charge is -2.48. The number of carbonyl (C=O) groups is 1. The Hall–Kier alpha value is -1.13. The van der Waals surface area contributed by atoms with E-state index in [0.29, 0.717) is 19.6 Å². The Morgan fingerprint density at radius 3 is 1.76 bits per heavy atom. The molecule has 0 N–H and O–H groups in total. The summed E-state index contributed by atoms with van der Waals surface area (Å²) in [6.45, 7) is 7.90. The number of cyclic esters (lactones) is 1. The van der Waals surface area contributed by atoms with E-state index in [9.17, 15) is 4.79 Å². The zero-order valence-electron chi connectivity index (χ0n) is 22.5. The highest BCUT2D eigenvalue weighted by molar-refractivity contribution is 5.83. The molecule has 2 heterocycles. The van der Waals surface area contributed by atoms with Crippen LogP contribution < -0.4 is 0 Å². The van der Waals surface area contributed by atoms with Gasteiger partial charge in [0.1, 0.15) is 11.5 Å². The lowest BCUT2D eigenvalue weighted by atomic mass is 9.69. The molecule has 0 bridgehead atoms. The second-order valence-electron chi connectivity index (χ2n) is 10.4. The fourth-order valence-electron chi connectivity index (χ4n) is 5.19. The summed E-state index contributed by atoms with van der Waals surface area (Å²) in [5, 5.41) is 0. The van der Waals surface area contributed by atoms with E-state index in [2.05, 4.69) is 45.1 Å². The number of allylic oxidation sites excluding steroid dienone is 4. The summed E-state index contributed by atoms with van der Waals surface area (Å²) in [5.41, 5.74) is -0.477. The van der Waals surface area contributed by atoms with Crippen LogP contribution in [-0.2, 0) is 19.0 Å². The molecule has 196 valence electrons. The van der Waals surface area contributed by atoms with Gasteiger partial charge in [-0.25, -0.2) is 0 Å². The Balaban J connectivity index is 1.90. The average Bonchev–Trinajstić information content (AvgIpc) is 3.30. The first kappa shape index (κ1) is 29.1. The molecule has 0 aromatic heterocycles. The average molecular weight is 477 g/mol. The predicted octanol–water partition coefficient (Wildman–Crippen LogP) is 8.45. The number of hydrogen-bond acceptors (Lipinski definition) is 4. The molecule has 0 spiro atoms. The van der Waals surface area contributed by atoms with E-state index in [1.54, 1.807) is 0 Å². The van der Waals surface area contributed by atoms with Gasteiger partial charge in [-0.1, -0.05) is 109 Å². The summed E-state index contributed by atoms with van der Waals surface area (Å²) in [6, 6.07) is 0. The van der Waals surface area contributed by atoms with Crippen molar-refractivity contribution in [3.05, 3.63) is 24.3 Å². The molecule has 0 aromatic rings. The van der Waals surface area contributed by atoms with Crippen molar-refractivity contribution in [3.8, 4) is 0 Å². The second kappa shape index (κ2) is 16.5. The zero-order chi connectivity index (χ0) is 24.5. The van der Waals surface area contributed by atoms with Gasteiger partial charge in [0.25, 0.3) is 0 Å². The van der Waals surface area contributed by atoms with Crippen LogP contribution in [0.15, 0.2) is 24.3 Å². The number of unbranched alkanes of at least 4 members (excludes halogenated alkanes) is 10. The summed E-state index contributed by atoms with van der Waals surface area (Å²) in [5.74, 6) is -0.645. The maximum atomic E-state index is 12.8. The lowest BCUT2D eigenvalue weighted by molar-refractivity contribution is -0.239. The molecular formula is C30H52O4. The van der Waals surface area contributed by atoms with E-state index >= 15 is 0 Å². The SMILES string of the molecule is CCC/C=C/CC1(C/C=C/CCC)C(=O)OC1CC1(CCCCCCCCCCC)OCCO1. The number of hydrogen-bond donors (Lipinski definition) is 0. The fourth-order valence-corrected chi connectivity index (χ4v) is 5.19. The molecule has 0 amide bonds. The van der Waals surface area contributed by atoms with Gasteiger partial charge in [-0.3, -0.25) is 4.79 Å². The van der Waals surface area contributed by atoms with E-state index in [1.165, 1.54) is 51.4 Å². The maximum absolute atomic E-state index is 12.8. The van der Waals surface area contributed by atoms with Gasteiger partial charge in [-0.2, -0.15) is 0 Å². The predicted molar refractivity (Wildman–Crippen MR) is 141 cm³/mol. The smallest absolute Gasteiger partial charge is 0.316 e. The zero-order valence-corrected chi connectivity index (χ0v) is 22.5. The topological polar surface area (TPSA) is 44.8 Å². The van der Waals surface area contributed by atoms with Crippen LogP contribution in [0.3, 0.4) is 0 Å². The highest BCUT2D eigenvalue weighted by atomic mass is 16.7. The van der Waals surface area contributed by atoms with Crippen LogP contribution in [0.5, 0.6) is 0 Å². The van der Waals surface area contributed by atoms with Crippen molar-refractivity contribution in [1.82, 2.24) is 0 Å². The van der Waals surface area contributed by atoms with Gasteiger partial charge in [-0.15, -0.1) is 0 Å². The molecule has 0 aliphatic carbocycles. The Kier molecular flexibility index (Phi) is 14.1. The summed E-state index contributed by atoms with van der Waals surface area (Å²) < 4.78 is 18.1. The van der Waals surface area contributed by atoms with E-state index < -0.39 is 11.2 Å². The van der Waals surface area contributed by atoms with Crippen molar-refractivity contribution in [1.29, 1.82) is 0 Å². The monoisotopic (exact) mass is 476 g/mol. The number of carbonyl (C=O) groups excluding carboxylic acids is 1. The first-order valence-corrected chi connectivity index (χ1v) is 14.4. The molecule has 1 atom stereocenters. The molecule has 2 rings (SSSR count). The first-order chi connectivity index (χ1) is 16.6. The van der Waals surface area contributed by atoms with Gasteiger partial charge < -0.3 is 14.2 Å². The fraction of sp³-hybridized carbons (Fsp3) is 0.833. The van der Waals surface area contributed by atoms with E-state index in [4.69, 9.17) is 14.2 Å². The lowest BCUT2D eigenvalue weighted by Crippen LogP contribution is -2.59. The van der Waals surface area contributed by atoms with E-state index in [1.807, 2.05) is 0 Å². The number of esters is 1. The van der Waals surface area contributed by atoms with Crippen molar-refractivity contribution in [3.63, 3.8) is 0 Å². The second-order valence-corrected chi connectivity index (χ2v) is 10.4.